The van der Waals surface area contributed by atoms with Gasteiger partial charge in [-0.25, -0.2) is 0 Å². The molecule has 0 heterocycles. The van der Waals surface area contributed by atoms with Crippen LogP contribution in [-0.4, -0.2) is 67.5 Å². The van der Waals surface area contributed by atoms with Gasteiger partial charge in [0.2, 0.25) is 5.91 Å². The largest absolute Gasteiger partial charge is 0.492 e. The summed E-state index contributed by atoms with van der Waals surface area (Å²) in [5, 5.41) is 9.78. The van der Waals surface area contributed by atoms with E-state index in [1.807, 2.05) is 13.8 Å². The van der Waals surface area contributed by atoms with Crippen molar-refractivity contribution in [3.63, 3.8) is 0 Å². The summed E-state index contributed by atoms with van der Waals surface area (Å²) in [5.41, 5.74) is -1.01. The minimum absolute atomic E-state index is 0.0104. The lowest BCUT2D eigenvalue weighted by Gasteiger charge is -2.27. The number of nitrogens with zero attached hydrogens (tertiary/aromatic N) is 1. The number of benzene rings is 1. The average Bonchev–Trinajstić information content (AvgIpc) is 2.63. The minimum atomic E-state index is -1.42. The third-order valence-corrected chi connectivity index (χ3v) is 4.00. The zero-order valence-corrected chi connectivity index (χ0v) is 17.0. The predicted octanol–water partition coefficient (Wildman–Crippen LogP) is 2.12. The van der Waals surface area contributed by atoms with Crippen LogP contribution >= 0.6 is 0 Å². The second-order valence-electron chi connectivity index (χ2n) is 7.10. The summed E-state index contributed by atoms with van der Waals surface area (Å²) in [6, 6.07) is 6.55. The van der Waals surface area contributed by atoms with Gasteiger partial charge in [-0.1, -0.05) is 13.8 Å². The van der Waals surface area contributed by atoms with Crippen molar-refractivity contribution >= 4 is 11.7 Å². The number of rotatable bonds is 11. The fourth-order valence-electron chi connectivity index (χ4n) is 2.41. The molecule has 1 aromatic carbocycles. The molecule has 1 rings (SSSR count). The maximum Gasteiger partial charge on any atom is 0.225 e. The molecule has 1 amide bonds. The first kappa shape index (κ1) is 23.1. The fraction of sp³-hybridized carbons (Fsp3) is 0.600. The highest BCUT2D eigenvalue weighted by Gasteiger charge is 2.25. The quantitative estimate of drug-likeness (QED) is 0.467. The molecule has 0 aromatic heterocycles. The summed E-state index contributed by atoms with van der Waals surface area (Å²) in [4.78, 5) is 26.0. The highest BCUT2D eigenvalue weighted by molar-refractivity contribution is 6.01. The van der Waals surface area contributed by atoms with E-state index in [0.29, 0.717) is 24.4 Å². The van der Waals surface area contributed by atoms with Gasteiger partial charge < -0.3 is 24.2 Å². The molecule has 0 unspecified atom stereocenters. The van der Waals surface area contributed by atoms with E-state index in [0.717, 1.165) is 0 Å². The van der Waals surface area contributed by atoms with Crippen LogP contribution in [0, 0.1) is 5.92 Å². The number of hydrogen-bond acceptors (Lipinski definition) is 6. The molecule has 0 saturated carbocycles. The Labute approximate surface area is 161 Å². The Morgan fingerprint density at radius 1 is 1.11 bits per heavy atom. The Balaban J connectivity index is 2.66. The first-order chi connectivity index (χ1) is 12.6. The number of ketones is 1. The van der Waals surface area contributed by atoms with E-state index in [4.69, 9.17) is 14.2 Å². The van der Waals surface area contributed by atoms with Crippen LogP contribution in [0.4, 0.5) is 0 Å². The molecule has 7 nitrogen and oxygen atoms in total. The molecule has 0 spiro atoms. The van der Waals surface area contributed by atoms with Crippen LogP contribution in [0.5, 0.6) is 5.75 Å². The van der Waals surface area contributed by atoms with Gasteiger partial charge in [0.25, 0.3) is 0 Å². The van der Waals surface area contributed by atoms with Crippen LogP contribution in [0.15, 0.2) is 24.3 Å². The maximum atomic E-state index is 12.4. The van der Waals surface area contributed by atoms with Gasteiger partial charge in [0.1, 0.15) is 18.0 Å². The molecule has 7 heteroatoms. The maximum absolute atomic E-state index is 12.4. The SMILES string of the molecule is COC(CN(CCOc1ccc(C(=O)C(C)(C)O)cc1)C(=O)C(C)C)OC. The molecule has 0 aliphatic rings. The third kappa shape index (κ3) is 7.28. The highest BCUT2D eigenvalue weighted by Crippen LogP contribution is 2.17. The summed E-state index contributed by atoms with van der Waals surface area (Å²) >= 11 is 0. The number of ether oxygens (including phenoxy) is 3. The van der Waals surface area contributed by atoms with Gasteiger partial charge in [0.05, 0.1) is 13.1 Å². The summed E-state index contributed by atoms with van der Waals surface area (Å²) in [5.74, 6) is 0.0671. The molecular weight excluding hydrogens is 350 g/mol. The number of aliphatic hydroxyl groups is 1. The van der Waals surface area contributed by atoms with Crippen molar-refractivity contribution in [1.29, 1.82) is 0 Å². The monoisotopic (exact) mass is 381 g/mol. The lowest BCUT2D eigenvalue weighted by atomic mass is 9.97. The lowest BCUT2D eigenvalue weighted by Crippen LogP contribution is -2.43. The number of amides is 1. The summed E-state index contributed by atoms with van der Waals surface area (Å²) in [6.45, 7) is 7.56. The Bertz CT molecular complexity index is 602. The molecule has 27 heavy (non-hydrogen) atoms. The number of hydrogen-bond donors (Lipinski definition) is 1. The van der Waals surface area contributed by atoms with Crippen LogP contribution < -0.4 is 4.74 Å². The van der Waals surface area contributed by atoms with E-state index in [1.54, 1.807) is 29.2 Å². The molecule has 0 fully saturated rings. The zero-order chi connectivity index (χ0) is 20.6. The van der Waals surface area contributed by atoms with Gasteiger partial charge in [-0.15, -0.1) is 0 Å². The number of methoxy groups -OCH3 is 2. The average molecular weight is 381 g/mol. The smallest absolute Gasteiger partial charge is 0.225 e. The Morgan fingerprint density at radius 3 is 2.11 bits per heavy atom. The molecule has 0 saturated heterocycles. The van der Waals surface area contributed by atoms with Gasteiger partial charge in [-0.3, -0.25) is 9.59 Å². The van der Waals surface area contributed by atoms with Crippen molar-refractivity contribution in [3.05, 3.63) is 29.8 Å². The Hall–Kier alpha value is -1.96. The Kier molecular flexibility index (Phi) is 8.88. The van der Waals surface area contributed by atoms with Crippen molar-refractivity contribution in [3.8, 4) is 5.75 Å². The van der Waals surface area contributed by atoms with Gasteiger partial charge in [0, 0.05) is 25.7 Å². The van der Waals surface area contributed by atoms with Crippen molar-refractivity contribution in [2.75, 3.05) is 33.9 Å². The Morgan fingerprint density at radius 2 is 1.67 bits per heavy atom. The van der Waals surface area contributed by atoms with E-state index >= 15 is 0 Å². The van der Waals surface area contributed by atoms with Gasteiger partial charge in [-0.05, 0) is 38.1 Å². The fourth-order valence-corrected chi connectivity index (χ4v) is 2.41. The standard InChI is InChI=1S/C20H31NO6/c1-14(2)19(23)21(13-17(25-5)26-6)11-12-27-16-9-7-15(8-10-16)18(22)20(3,4)24/h7-10,14,17,24H,11-13H2,1-6H3. The molecule has 0 radical (unpaired) electrons. The first-order valence-corrected chi connectivity index (χ1v) is 8.94. The molecule has 0 aliphatic carbocycles. The van der Waals surface area contributed by atoms with Gasteiger partial charge >= 0.3 is 0 Å². The van der Waals surface area contributed by atoms with Crippen molar-refractivity contribution < 1.29 is 28.9 Å². The van der Waals surface area contributed by atoms with E-state index in [9.17, 15) is 14.7 Å². The van der Waals surface area contributed by atoms with Crippen LogP contribution in [0.3, 0.4) is 0 Å². The van der Waals surface area contributed by atoms with E-state index in [1.165, 1.54) is 28.1 Å². The molecule has 1 N–H and O–H groups in total. The predicted molar refractivity (Wildman–Crippen MR) is 102 cm³/mol. The van der Waals surface area contributed by atoms with E-state index < -0.39 is 11.9 Å². The number of carbonyl (C=O) groups is 2. The first-order valence-electron chi connectivity index (χ1n) is 8.94. The molecule has 152 valence electrons. The lowest BCUT2D eigenvalue weighted by molar-refractivity contribution is -0.148. The van der Waals surface area contributed by atoms with E-state index in [-0.39, 0.29) is 24.2 Å². The molecular formula is C20H31NO6. The minimum Gasteiger partial charge on any atom is -0.492 e. The normalized spacial score (nSPS) is 11.7. The van der Waals surface area contributed by atoms with E-state index in [2.05, 4.69) is 0 Å². The number of carbonyl (C=O) groups excluding carboxylic acids is 2. The zero-order valence-electron chi connectivity index (χ0n) is 17.0. The molecule has 0 aliphatic heterocycles. The second kappa shape index (κ2) is 10.4. The van der Waals surface area contributed by atoms with Gasteiger partial charge in [0.15, 0.2) is 12.1 Å². The van der Waals surface area contributed by atoms with Crippen LogP contribution in [0.1, 0.15) is 38.1 Å². The summed E-state index contributed by atoms with van der Waals surface area (Å²) < 4.78 is 16.0. The molecule has 0 bridgehead atoms. The van der Waals surface area contributed by atoms with Crippen molar-refractivity contribution in [1.82, 2.24) is 4.90 Å². The molecule has 0 atom stereocenters. The highest BCUT2D eigenvalue weighted by atomic mass is 16.7. The van der Waals surface area contributed by atoms with Crippen molar-refractivity contribution in [2.45, 2.75) is 39.6 Å². The number of Topliss-reactive ketones (excluding diaryl/α,β-unsaturated/α-hetero) is 1. The van der Waals surface area contributed by atoms with Crippen LogP contribution in [-0.2, 0) is 14.3 Å². The summed E-state index contributed by atoms with van der Waals surface area (Å²) in [7, 11) is 3.05. The third-order valence-electron chi connectivity index (χ3n) is 4.00. The summed E-state index contributed by atoms with van der Waals surface area (Å²) in [6.07, 6.45) is -0.500. The second-order valence-corrected chi connectivity index (χ2v) is 7.10. The van der Waals surface area contributed by atoms with Crippen LogP contribution in [0.2, 0.25) is 0 Å². The van der Waals surface area contributed by atoms with Crippen molar-refractivity contribution in [2.24, 2.45) is 5.92 Å². The van der Waals surface area contributed by atoms with Gasteiger partial charge in [-0.2, -0.15) is 0 Å². The molecule has 1 aromatic rings. The van der Waals surface area contributed by atoms with Crippen LogP contribution in [0.25, 0.3) is 0 Å². The topological polar surface area (TPSA) is 85.3 Å².